The van der Waals surface area contributed by atoms with Crippen molar-refractivity contribution in [1.82, 2.24) is 25.2 Å². The summed E-state index contributed by atoms with van der Waals surface area (Å²) >= 11 is 1.65. The van der Waals surface area contributed by atoms with Gasteiger partial charge in [-0.1, -0.05) is 18.2 Å². The lowest BCUT2D eigenvalue weighted by molar-refractivity contribution is 0.0936. The lowest BCUT2D eigenvalue weighted by atomic mass is 10.1. The van der Waals surface area contributed by atoms with Crippen molar-refractivity contribution in [3.63, 3.8) is 0 Å². The van der Waals surface area contributed by atoms with E-state index >= 15 is 0 Å². The number of amides is 1. The lowest BCUT2D eigenvalue weighted by Gasteiger charge is -2.23. The lowest BCUT2D eigenvalue weighted by Crippen LogP contribution is -2.34. The number of thiophene rings is 1. The number of nitrogens with one attached hydrogen (secondary N) is 1. The highest BCUT2D eigenvalue weighted by Gasteiger charge is 2.20. The average Bonchev–Trinajstić information content (AvgIpc) is 3.25. The van der Waals surface area contributed by atoms with Crippen LogP contribution in [0.25, 0.3) is 5.69 Å². The summed E-state index contributed by atoms with van der Waals surface area (Å²) in [5, 5.41) is 15.8. The van der Waals surface area contributed by atoms with E-state index in [1.165, 1.54) is 10.4 Å². The molecule has 0 radical (unpaired) electrons. The Morgan fingerprint density at radius 2 is 2.00 bits per heavy atom. The summed E-state index contributed by atoms with van der Waals surface area (Å²) in [6.45, 7) is 2.31. The van der Waals surface area contributed by atoms with Gasteiger partial charge in [-0.3, -0.25) is 4.79 Å². The fourth-order valence-corrected chi connectivity index (χ4v) is 3.31. The molecule has 0 saturated heterocycles. The Balaban J connectivity index is 1.72. The summed E-state index contributed by atoms with van der Waals surface area (Å²) < 4.78 is 0. The molecule has 0 fully saturated rings. The van der Waals surface area contributed by atoms with Gasteiger partial charge in [0.25, 0.3) is 5.91 Å². The number of hydrogen-bond donors (Lipinski definition) is 1. The first-order valence-electron chi connectivity index (χ1n) is 8.02. The van der Waals surface area contributed by atoms with E-state index in [1.807, 2.05) is 49.8 Å². The topological polar surface area (TPSA) is 63.1 Å². The van der Waals surface area contributed by atoms with Gasteiger partial charge in [0.2, 0.25) is 0 Å². The molecule has 7 heteroatoms. The number of nitrogens with zero attached hydrogens (tertiary/aromatic N) is 4. The van der Waals surface area contributed by atoms with Crippen molar-refractivity contribution < 1.29 is 4.79 Å². The highest BCUT2D eigenvalue weighted by Crippen LogP contribution is 2.20. The second-order valence-corrected chi connectivity index (χ2v) is 6.79. The van der Waals surface area contributed by atoms with Crippen LogP contribution in [0.3, 0.4) is 0 Å². The minimum absolute atomic E-state index is 0.125. The molecule has 3 rings (SSSR count). The summed E-state index contributed by atoms with van der Waals surface area (Å²) in [5.41, 5.74) is 2.99. The first kappa shape index (κ1) is 17.3. The SMILES string of the molecule is Cc1nn(-c2ccccc2)nc1C(=O)NCC(c1ccsc1)N(C)C. The Morgan fingerprint density at radius 3 is 2.64 bits per heavy atom. The molecular formula is C18H21N5OS. The number of benzene rings is 1. The van der Waals surface area contributed by atoms with E-state index in [4.69, 9.17) is 0 Å². The van der Waals surface area contributed by atoms with E-state index in [0.717, 1.165) is 5.69 Å². The maximum absolute atomic E-state index is 12.6. The quantitative estimate of drug-likeness (QED) is 0.738. The zero-order valence-electron chi connectivity index (χ0n) is 14.5. The van der Waals surface area contributed by atoms with E-state index in [9.17, 15) is 4.79 Å². The number of likely N-dealkylation sites (N-methyl/N-ethyl adjacent to an activating group) is 1. The van der Waals surface area contributed by atoms with Gasteiger partial charge in [0.15, 0.2) is 5.69 Å². The average molecular weight is 355 g/mol. The Hall–Kier alpha value is -2.51. The smallest absolute Gasteiger partial charge is 0.273 e. The first-order valence-corrected chi connectivity index (χ1v) is 8.96. The van der Waals surface area contributed by atoms with Crippen LogP contribution in [0.4, 0.5) is 0 Å². The first-order chi connectivity index (χ1) is 12.1. The molecule has 1 atom stereocenters. The normalized spacial score (nSPS) is 12.3. The van der Waals surface area contributed by atoms with Crippen molar-refractivity contribution in [2.75, 3.05) is 20.6 Å². The Morgan fingerprint density at radius 1 is 1.24 bits per heavy atom. The molecule has 0 saturated carbocycles. The summed E-state index contributed by atoms with van der Waals surface area (Å²) in [4.78, 5) is 16.1. The molecule has 0 aliphatic heterocycles. The maximum Gasteiger partial charge on any atom is 0.273 e. The van der Waals surface area contributed by atoms with E-state index in [2.05, 4.69) is 31.9 Å². The number of hydrogen-bond acceptors (Lipinski definition) is 5. The molecule has 0 aliphatic carbocycles. The van der Waals surface area contributed by atoms with Gasteiger partial charge in [-0.2, -0.15) is 21.2 Å². The zero-order valence-corrected chi connectivity index (χ0v) is 15.3. The second-order valence-electron chi connectivity index (χ2n) is 6.01. The van der Waals surface area contributed by atoms with E-state index in [1.54, 1.807) is 18.3 Å². The molecular weight excluding hydrogens is 334 g/mol. The number of para-hydroxylation sites is 1. The largest absolute Gasteiger partial charge is 0.349 e. The number of rotatable bonds is 6. The third-order valence-electron chi connectivity index (χ3n) is 3.99. The number of carbonyl (C=O) groups is 1. The third-order valence-corrected chi connectivity index (χ3v) is 4.69. The second kappa shape index (κ2) is 7.58. The molecule has 0 aliphatic rings. The van der Waals surface area contributed by atoms with E-state index in [0.29, 0.717) is 17.9 Å². The molecule has 2 aromatic heterocycles. The molecule has 1 unspecified atom stereocenters. The number of aromatic nitrogens is 3. The standard InChI is InChI=1S/C18H21N5OS/c1-13-17(21-23(20-13)15-7-5-4-6-8-15)18(24)19-11-16(22(2)3)14-9-10-25-12-14/h4-10,12,16H,11H2,1-3H3,(H,19,24). The minimum Gasteiger partial charge on any atom is -0.349 e. The molecule has 3 aromatic rings. The van der Waals surface area contributed by atoms with Crippen LogP contribution < -0.4 is 5.32 Å². The van der Waals surface area contributed by atoms with Crippen LogP contribution in [-0.2, 0) is 0 Å². The van der Waals surface area contributed by atoms with E-state index < -0.39 is 0 Å². The highest BCUT2D eigenvalue weighted by atomic mass is 32.1. The molecule has 0 bridgehead atoms. The van der Waals surface area contributed by atoms with Crippen molar-refractivity contribution in [1.29, 1.82) is 0 Å². The molecule has 2 heterocycles. The van der Waals surface area contributed by atoms with Gasteiger partial charge in [0.1, 0.15) is 0 Å². The summed E-state index contributed by atoms with van der Waals surface area (Å²) in [7, 11) is 4.01. The van der Waals surface area contributed by atoms with Crippen LogP contribution in [-0.4, -0.2) is 46.4 Å². The zero-order chi connectivity index (χ0) is 17.8. The molecule has 1 aromatic carbocycles. The van der Waals surface area contributed by atoms with Crippen LogP contribution in [0.15, 0.2) is 47.2 Å². The maximum atomic E-state index is 12.6. The molecule has 25 heavy (non-hydrogen) atoms. The highest BCUT2D eigenvalue weighted by molar-refractivity contribution is 7.07. The Bertz CT molecular complexity index is 827. The predicted molar refractivity (Wildman–Crippen MR) is 99.2 cm³/mol. The van der Waals surface area contributed by atoms with Gasteiger partial charge in [0.05, 0.1) is 17.4 Å². The Kier molecular flexibility index (Phi) is 5.25. The van der Waals surface area contributed by atoms with Crippen LogP contribution in [0.1, 0.15) is 27.8 Å². The molecule has 1 N–H and O–H groups in total. The van der Waals surface area contributed by atoms with Crippen molar-refractivity contribution >= 4 is 17.2 Å². The van der Waals surface area contributed by atoms with Crippen molar-refractivity contribution in [2.24, 2.45) is 0 Å². The minimum atomic E-state index is -0.207. The van der Waals surface area contributed by atoms with Crippen LogP contribution in [0.2, 0.25) is 0 Å². The van der Waals surface area contributed by atoms with Gasteiger partial charge >= 0.3 is 0 Å². The van der Waals surface area contributed by atoms with Crippen molar-refractivity contribution in [3.8, 4) is 5.69 Å². The fraction of sp³-hybridized carbons (Fsp3) is 0.278. The number of aryl methyl sites for hydroxylation is 1. The van der Waals surface area contributed by atoms with Gasteiger partial charge in [-0.15, -0.1) is 5.10 Å². The summed E-state index contributed by atoms with van der Waals surface area (Å²) in [5.74, 6) is -0.207. The predicted octanol–water partition coefficient (Wildman–Crippen LogP) is 2.67. The summed E-state index contributed by atoms with van der Waals surface area (Å²) in [6.07, 6.45) is 0. The van der Waals surface area contributed by atoms with Gasteiger partial charge in [-0.25, -0.2) is 0 Å². The number of carbonyl (C=O) groups excluding carboxylic acids is 1. The Labute approximate surface area is 151 Å². The van der Waals surface area contributed by atoms with Crippen LogP contribution >= 0.6 is 11.3 Å². The van der Waals surface area contributed by atoms with Crippen LogP contribution in [0.5, 0.6) is 0 Å². The monoisotopic (exact) mass is 355 g/mol. The van der Waals surface area contributed by atoms with Gasteiger partial charge in [0, 0.05) is 6.54 Å². The van der Waals surface area contributed by atoms with Crippen molar-refractivity contribution in [2.45, 2.75) is 13.0 Å². The van der Waals surface area contributed by atoms with E-state index in [-0.39, 0.29) is 11.9 Å². The van der Waals surface area contributed by atoms with Crippen molar-refractivity contribution in [3.05, 3.63) is 64.1 Å². The fourth-order valence-electron chi connectivity index (χ4n) is 2.60. The molecule has 0 spiro atoms. The van der Waals surface area contributed by atoms with Crippen LogP contribution in [0, 0.1) is 6.92 Å². The molecule has 1 amide bonds. The van der Waals surface area contributed by atoms with Gasteiger partial charge in [-0.05, 0) is 55.5 Å². The molecule has 130 valence electrons. The summed E-state index contributed by atoms with van der Waals surface area (Å²) in [6, 6.07) is 11.8. The molecule has 6 nitrogen and oxygen atoms in total. The third kappa shape index (κ3) is 3.94. The van der Waals surface area contributed by atoms with Gasteiger partial charge < -0.3 is 10.2 Å².